The van der Waals surface area contributed by atoms with E-state index in [-0.39, 0.29) is 19.1 Å². The van der Waals surface area contributed by atoms with Crippen molar-refractivity contribution in [2.45, 2.75) is 38.8 Å². The van der Waals surface area contributed by atoms with Crippen molar-refractivity contribution in [3.8, 4) is 0 Å². The lowest BCUT2D eigenvalue weighted by atomic mass is 10.1. The van der Waals surface area contributed by atoms with Gasteiger partial charge in [0.1, 0.15) is 6.04 Å². The normalized spacial score (nSPS) is 16.9. The van der Waals surface area contributed by atoms with Crippen LogP contribution in [0.3, 0.4) is 0 Å². The van der Waals surface area contributed by atoms with Crippen LogP contribution in [0.15, 0.2) is 0 Å². The number of aliphatic hydroxyl groups excluding tert-OH is 1. The molecule has 0 heterocycles. The summed E-state index contributed by atoms with van der Waals surface area (Å²) in [7, 11) is 0. The molecule has 0 aliphatic rings. The number of carbonyl (C=O) groups excluding carboxylic acids is 1. The van der Waals surface area contributed by atoms with E-state index in [0.29, 0.717) is 13.0 Å². The molecule has 2 atom stereocenters. The second-order valence-electron chi connectivity index (χ2n) is 3.75. The maximum Gasteiger partial charge on any atom is 0.323 e. The maximum atomic E-state index is 11.4. The van der Waals surface area contributed by atoms with Gasteiger partial charge in [-0.05, 0) is 20.3 Å². The van der Waals surface area contributed by atoms with Crippen LogP contribution in [0.5, 0.6) is 0 Å². The van der Waals surface area contributed by atoms with Gasteiger partial charge in [-0.25, -0.2) is 0 Å². The SMILES string of the molecule is CCOC(=O)C(CC)NCC(C)(O)CO. The molecule has 5 nitrogen and oxygen atoms in total. The Morgan fingerprint density at radius 3 is 2.53 bits per heavy atom. The molecule has 3 N–H and O–H groups in total. The fourth-order valence-electron chi connectivity index (χ4n) is 1.04. The highest BCUT2D eigenvalue weighted by molar-refractivity contribution is 5.75. The van der Waals surface area contributed by atoms with E-state index in [2.05, 4.69) is 5.32 Å². The van der Waals surface area contributed by atoms with E-state index in [1.807, 2.05) is 6.92 Å². The van der Waals surface area contributed by atoms with Gasteiger partial charge in [-0.15, -0.1) is 0 Å². The molecule has 0 aromatic carbocycles. The van der Waals surface area contributed by atoms with Crippen molar-refractivity contribution in [3.05, 3.63) is 0 Å². The number of hydrogen-bond acceptors (Lipinski definition) is 5. The molecular formula is C10H21NO4. The highest BCUT2D eigenvalue weighted by Gasteiger charge is 2.23. The Morgan fingerprint density at radius 1 is 1.53 bits per heavy atom. The van der Waals surface area contributed by atoms with Crippen LogP contribution < -0.4 is 5.32 Å². The summed E-state index contributed by atoms with van der Waals surface area (Å²) in [5.41, 5.74) is -1.21. The number of rotatable bonds is 7. The van der Waals surface area contributed by atoms with Gasteiger partial charge >= 0.3 is 5.97 Å². The van der Waals surface area contributed by atoms with Crippen molar-refractivity contribution in [1.29, 1.82) is 0 Å². The molecule has 0 spiro atoms. The largest absolute Gasteiger partial charge is 0.465 e. The zero-order valence-electron chi connectivity index (χ0n) is 9.62. The predicted octanol–water partition coefficient (Wildman–Crippen LogP) is -0.339. The molecule has 90 valence electrons. The molecular weight excluding hydrogens is 198 g/mol. The van der Waals surface area contributed by atoms with Gasteiger partial charge in [-0.1, -0.05) is 6.92 Å². The van der Waals surface area contributed by atoms with Crippen LogP contribution in [0, 0.1) is 0 Å². The summed E-state index contributed by atoms with van der Waals surface area (Å²) in [6, 6.07) is -0.428. The second-order valence-corrected chi connectivity index (χ2v) is 3.75. The summed E-state index contributed by atoms with van der Waals surface area (Å²) in [6.45, 7) is 5.24. The average Bonchev–Trinajstić information content (AvgIpc) is 2.19. The van der Waals surface area contributed by atoms with Gasteiger partial charge in [0.05, 0.1) is 18.8 Å². The smallest absolute Gasteiger partial charge is 0.323 e. The van der Waals surface area contributed by atoms with Crippen LogP contribution in [-0.4, -0.2) is 47.6 Å². The zero-order valence-corrected chi connectivity index (χ0v) is 9.62. The number of nitrogens with one attached hydrogen (secondary N) is 1. The van der Waals surface area contributed by atoms with Crippen molar-refractivity contribution in [2.75, 3.05) is 19.8 Å². The summed E-state index contributed by atoms with van der Waals surface area (Å²) in [5.74, 6) is -0.325. The highest BCUT2D eigenvalue weighted by atomic mass is 16.5. The fourth-order valence-corrected chi connectivity index (χ4v) is 1.04. The Hall–Kier alpha value is -0.650. The van der Waals surface area contributed by atoms with Crippen molar-refractivity contribution < 1.29 is 19.7 Å². The first kappa shape index (κ1) is 14.3. The molecule has 0 saturated carbocycles. The van der Waals surface area contributed by atoms with Gasteiger partial charge in [-0.3, -0.25) is 4.79 Å². The average molecular weight is 219 g/mol. The Kier molecular flexibility index (Phi) is 6.47. The summed E-state index contributed by atoms with van der Waals surface area (Å²) in [6.07, 6.45) is 0.584. The van der Waals surface area contributed by atoms with Gasteiger partial charge in [0, 0.05) is 6.54 Å². The quantitative estimate of drug-likeness (QED) is 0.511. The first-order valence-electron chi connectivity index (χ1n) is 5.20. The summed E-state index contributed by atoms with van der Waals surface area (Å²) >= 11 is 0. The number of aliphatic hydroxyl groups is 2. The fraction of sp³-hybridized carbons (Fsp3) is 0.900. The van der Waals surface area contributed by atoms with E-state index in [4.69, 9.17) is 9.84 Å². The summed E-state index contributed by atoms with van der Waals surface area (Å²) in [4.78, 5) is 11.4. The summed E-state index contributed by atoms with van der Waals surface area (Å²) in [5, 5.41) is 21.2. The van der Waals surface area contributed by atoms with Gasteiger partial charge in [0.2, 0.25) is 0 Å². The second kappa shape index (κ2) is 6.76. The van der Waals surface area contributed by atoms with Crippen LogP contribution >= 0.6 is 0 Å². The lowest BCUT2D eigenvalue weighted by Gasteiger charge is -2.24. The molecule has 0 bridgehead atoms. The minimum Gasteiger partial charge on any atom is -0.465 e. The number of carbonyl (C=O) groups is 1. The number of hydrogen-bond donors (Lipinski definition) is 3. The molecule has 0 aliphatic heterocycles. The molecule has 0 rings (SSSR count). The van der Waals surface area contributed by atoms with Crippen LogP contribution in [0.25, 0.3) is 0 Å². The molecule has 5 heteroatoms. The minimum absolute atomic E-state index is 0.154. The number of esters is 1. The first-order chi connectivity index (χ1) is 6.96. The summed E-state index contributed by atoms with van der Waals surface area (Å²) < 4.78 is 4.85. The molecule has 0 aliphatic carbocycles. The van der Waals surface area contributed by atoms with E-state index in [1.165, 1.54) is 6.92 Å². The van der Waals surface area contributed by atoms with E-state index >= 15 is 0 Å². The highest BCUT2D eigenvalue weighted by Crippen LogP contribution is 2.02. The zero-order chi connectivity index (χ0) is 11.9. The van der Waals surface area contributed by atoms with Crippen LogP contribution in [0.2, 0.25) is 0 Å². The number of ether oxygens (including phenoxy) is 1. The van der Waals surface area contributed by atoms with Crippen molar-refractivity contribution in [1.82, 2.24) is 5.32 Å². The first-order valence-corrected chi connectivity index (χ1v) is 5.20. The van der Waals surface area contributed by atoms with Crippen molar-refractivity contribution in [2.24, 2.45) is 0 Å². The van der Waals surface area contributed by atoms with Crippen LogP contribution in [0.4, 0.5) is 0 Å². The van der Waals surface area contributed by atoms with Gasteiger partial charge in [0.15, 0.2) is 0 Å². The van der Waals surface area contributed by atoms with Crippen LogP contribution in [0.1, 0.15) is 27.2 Å². The van der Waals surface area contributed by atoms with Crippen molar-refractivity contribution >= 4 is 5.97 Å². The Labute approximate surface area is 90.4 Å². The standard InChI is InChI=1S/C10H21NO4/c1-4-8(9(13)15-5-2)11-6-10(3,14)7-12/h8,11-12,14H,4-7H2,1-3H3. The van der Waals surface area contributed by atoms with Crippen LogP contribution in [-0.2, 0) is 9.53 Å². The van der Waals surface area contributed by atoms with E-state index in [0.717, 1.165) is 0 Å². The minimum atomic E-state index is -1.21. The van der Waals surface area contributed by atoms with E-state index in [9.17, 15) is 9.90 Å². The monoisotopic (exact) mass is 219 g/mol. The lowest BCUT2D eigenvalue weighted by Crippen LogP contribution is -2.47. The molecule has 2 unspecified atom stereocenters. The van der Waals surface area contributed by atoms with Gasteiger partial charge < -0.3 is 20.3 Å². The molecule has 0 amide bonds. The predicted molar refractivity (Wildman–Crippen MR) is 56.4 cm³/mol. The molecule has 0 aromatic heterocycles. The Balaban J connectivity index is 4.05. The third-order valence-corrected chi connectivity index (χ3v) is 2.05. The molecule has 0 fully saturated rings. The molecule has 0 radical (unpaired) electrons. The third kappa shape index (κ3) is 5.71. The topological polar surface area (TPSA) is 78.8 Å². The Bertz CT molecular complexity index is 194. The molecule has 15 heavy (non-hydrogen) atoms. The van der Waals surface area contributed by atoms with E-state index < -0.39 is 11.6 Å². The van der Waals surface area contributed by atoms with Gasteiger partial charge in [0.25, 0.3) is 0 Å². The molecule has 0 aromatic rings. The van der Waals surface area contributed by atoms with Gasteiger partial charge in [-0.2, -0.15) is 0 Å². The third-order valence-electron chi connectivity index (χ3n) is 2.05. The Morgan fingerprint density at radius 2 is 2.13 bits per heavy atom. The van der Waals surface area contributed by atoms with E-state index in [1.54, 1.807) is 6.92 Å². The molecule has 0 saturated heterocycles. The van der Waals surface area contributed by atoms with Crippen molar-refractivity contribution in [3.63, 3.8) is 0 Å². The maximum absolute atomic E-state index is 11.4. The lowest BCUT2D eigenvalue weighted by molar-refractivity contribution is -0.146.